The Bertz CT molecular complexity index is 313. The van der Waals surface area contributed by atoms with Crippen LogP contribution in [0, 0.1) is 17.3 Å². The van der Waals surface area contributed by atoms with Crippen LogP contribution in [0.25, 0.3) is 0 Å². The summed E-state index contributed by atoms with van der Waals surface area (Å²) in [5, 5.41) is 11.6. The number of carbonyl (C=O) groups excluding carboxylic acids is 1. The summed E-state index contributed by atoms with van der Waals surface area (Å²) in [5.74, 6) is -1.77. The Morgan fingerprint density at radius 3 is 2.35 bits per heavy atom. The number of amides is 1. The quantitative estimate of drug-likeness (QED) is 0.708. The average molecular weight is 242 g/mol. The molecule has 1 aliphatic rings. The van der Waals surface area contributed by atoms with Crippen molar-refractivity contribution in [3.8, 4) is 0 Å². The first-order chi connectivity index (χ1) is 7.73. The molecular weight excluding hydrogens is 220 g/mol. The lowest BCUT2D eigenvalue weighted by Crippen LogP contribution is -2.40. The van der Waals surface area contributed by atoms with Crippen molar-refractivity contribution in [3.63, 3.8) is 0 Å². The summed E-state index contributed by atoms with van der Waals surface area (Å²) in [6.45, 7) is 5.61. The number of aliphatic carboxylic acids is 1. The molecule has 0 aromatic heterocycles. The van der Waals surface area contributed by atoms with Gasteiger partial charge in [-0.3, -0.25) is 9.59 Å². The van der Waals surface area contributed by atoms with Gasteiger partial charge in [0, 0.05) is 13.1 Å². The van der Waals surface area contributed by atoms with E-state index in [0.717, 1.165) is 6.54 Å². The molecule has 1 amide bonds. The topological polar surface area (TPSA) is 69.6 Å². The van der Waals surface area contributed by atoms with Gasteiger partial charge >= 0.3 is 5.97 Å². The summed E-state index contributed by atoms with van der Waals surface area (Å²) in [7, 11) is 3.98. The number of hydrogen-bond acceptors (Lipinski definition) is 3. The van der Waals surface area contributed by atoms with E-state index in [0.29, 0.717) is 13.0 Å². The molecule has 1 rings (SSSR count). The van der Waals surface area contributed by atoms with Crippen molar-refractivity contribution < 1.29 is 14.7 Å². The molecule has 1 fully saturated rings. The van der Waals surface area contributed by atoms with Crippen molar-refractivity contribution in [2.24, 2.45) is 17.3 Å². The number of carbonyl (C=O) groups is 2. The molecule has 0 aromatic carbocycles. The summed E-state index contributed by atoms with van der Waals surface area (Å²) in [4.78, 5) is 24.4. The fraction of sp³-hybridized carbons (Fsp3) is 0.833. The highest BCUT2D eigenvalue weighted by molar-refractivity contribution is 5.89. The molecule has 0 bridgehead atoms. The second-order valence-electron chi connectivity index (χ2n) is 5.91. The molecule has 0 saturated heterocycles. The van der Waals surface area contributed by atoms with Crippen LogP contribution in [-0.4, -0.2) is 49.1 Å². The predicted octanol–water partition coefficient (Wildman–Crippen LogP) is 0.411. The minimum Gasteiger partial charge on any atom is -0.481 e. The molecule has 2 atom stereocenters. The van der Waals surface area contributed by atoms with Gasteiger partial charge in [0.25, 0.3) is 0 Å². The lowest BCUT2D eigenvalue weighted by molar-refractivity contribution is -0.140. The molecule has 1 aliphatic carbocycles. The maximum atomic E-state index is 11.7. The first-order valence-electron chi connectivity index (χ1n) is 5.88. The number of nitrogens with zero attached hydrogens (tertiary/aromatic N) is 1. The third kappa shape index (κ3) is 4.34. The zero-order chi connectivity index (χ0) is 13.2. The van der Waals surface area contributed by atoms with Crippen LogP contribution in [0.3, 0.4) is 0 Å². The monoisotopic (exact) mass is 242 g/mol. The van der Waals surface area contributed by atoms with Gasteiger partial charge in [-0.2, -0.15) is 0 Å². The highest BCUT2D eigenvalue weighted by Gasteiger charge is 2.48. The molecule has 0 heterocycles. The predicted molar refractivity (Wildman–Crippen MR) is 64.6 cm³/mol. The smallest absolute Gasteiger partial charge is 0.307 e. The van der Waals surface area contributed by atoms with Crippen molar-refractivity contribution in [3.05, 3.63) is 0 Å². The van der Waals surface area contributed by atoms with E-state index in [2.05, 4.69) is 24.1 Å². The minimum atomic E-state index is -0.863. The Hall–Kier alpha value is -1.10. The van der Waals surface area contributed by atoms with Gasteiger partial charge in [-0.05, 0) is 25.9 Å². The first-order valence-corrected chi connectivity index (χ1v) is 5.88. The van der Waals surface area contributed by atoms with Crippen molar-refractivity contribution in [1.29, 1.82) is 0 Å². The SMILES string of the molecule is CN(C)CC(C)(C)CNC(=O)[C@@H]1C[C@@H]1C(=O)O. The summed E-state index contributed by atoms with van der Waals surface area (Å²) in [6, 6.07) is 0. The molecule has 0 aliphatic heterocycles. The van der Waals surface area contributed by atoms with Crippen LogP contribution in [0.2, 0.25) is 0 Å². The third-order valence-corrected chi connectivity index (χ3v) is 2.93. The maximum absolute atomic E-state index is 11.7. The molecule has 0 spiro atoms. The number of hydrogen-bond donors (Lipinski definition) is 2. The van der Waals surface area contributed by atoms with Crippen LogP contribution < -0.4 is 5.32 Å². The minimum absolute atomic E-state index is 0.00717. The molecular formula is C12H22N2O3. The van der Waals surface area contributed by atoms with Gasteiger partial charge in [0.2, 0.25) is 5.91 Å². The highest BCUT2D eigenvalue weighted by Crippen LogP contribution is 2.38. The van der Waals surface area contributed by atoms with Gasteiger partial charge in [0.05, 0.1) is 11.8 Å². The second-order valence-corrected chi connectivity index (χ2v) is 5.91. The largest absolute Gasteiger partial charge is 0.481 e. The molecule has 0 radical (unpaired) electrons. The molecule has 5 heteroatoms. The van der Waals surface area contributed by atoms with E-state index in [-0.39, 0.29) is 17.2 Å². The van der Waals surface area contributed by atoms with Crippen LogP contribution in [0.1, 0.15) is 20.3 Å². The van der Waals surface area contributed by atoms with Crippen molar-refractivity contribution in [2.45, 2.75) is 20.3 Å². The normalized spacial score (nSPS) is 23.6. The van der Waals surface area contributed by atoms with E-state index in [1.165, 1.54) is 0 Å². The van der Waals surface area contributed by atoms with E-state index < -0.39 is 11.9 Å². The Morgan fingerprint density at radius 1 is 1.35 bits per heavy atom. The summed E-state index contributed by atoms with van der Waals surface area (Å²) < 4.78 is 0. The number of carboxylic acid groups (broad SMARTS) is 1. The van der Waals surface area contributed by atoms with Crippen molar-refractivity contribution >= 4 is 11.9 Å². The molecule has 0 unspecified atom stereocenters. The van der Waals surface area contributed by atoms with Crippen LogP contribution in [0.5, 0.6) is 0 Å². The van der Waals surface area contributed by atoms with Crippen LogP contribution >= 0.6 is 0 Å². The second kappa shape index (κ2) is 5.04. The molecule has 98 valence electrons. The maximum Gasteiger partial charge on any atom is 0.307 e. The fourth-order valence-corrected chi connectivity index (χ4v) is 2.13. The number of carboxylic acids is 1. The van der Waals surface area contributed by atoms with Gasteiger partial charge in [-0.15, -0.1) is 0 Å². The van der Waals surface area contributed by atoms with Crippen LogP contribution in [0.4, 0.5) is 0 Å². The van der Waals surface area contributed by atoms with Crippen LogP contribution in [0.15, 0.2) is 0 Å². The van der Waals surface area contributed by atoms with Gasteiger partial charge in [0.15, 0.2) is 0 Å². The lowest BCUT2D eigenvalue weighted by atomic mass is 9.93. The van der Waals surface area contributed by atoms with E-state index in [4.69, 9.17) is 5.11 Å². The van der Waals surface area contributed by atoms with E-state index >= 15 is 0 Å². The average Bonchev–Trinajstić information content (AvgIpc) is 2.91. The van der Waals surface area contributed by atoms with Crippen LogP contribution in [-0.2, 0) is 9.59 Å². The van der Waals surface area contributed by atoms with E-state index in [1.807, 2.05) is 14.1 Å². The number of nitrogens with one attached hydrogen (secondary N) is 1. The van der Waals surface area contributed by atoms with Gasteiger partial charge in [-0.1, -0.05) is 13.8 Å². The highest BCUT2D eigenvalue weighted by atomic mass is 16.4. The first kappa shape index (κ1) is 14.0. The molecule has 17 heavy (non-hydrogen) atoms. The Labute approximate surface area is 102 Å². The van der Waals surface area contributed by atoms with Crippen molar-refractivity contribution in [2.75, 3.05) is 27.2 Å². The van der Waals surface area contributed by atoms with E-state index in [1.54, 1.807) is 0 Å². The fourth-order valence-electron chi connectivity index (χ4n) is 2.13. The number of rotatable bonds is 6. The van der Waals surface area contributed by atoms with Gasteiger partial charge in [0.1, 0.15) is 0 Å². The zero-order valence-electron chi connectivity index (χ0n) is 11.0. The summed E-state index contributed by atoms with van der Waals surface area (Å²) >= 11 is 0. The molecule has 5 nitrogen and oxygen atoms in total. The molecule has 1 saturated carbocycles. The molecule has 2 N–H and O–H groups in total. The Balaban J connectivity index is 2.32. The standard InChI is InChI=1S/C12H22N2O3/c1-12(2,7-14(3)4)6-13-10(15)8-5-9(8)11(16)17/h8-9H,5-7H2,1-4H3,(H,13,15)(H,16,17)/t8-,9+/m1/s1. The van der Waals surface area contributed by atoms with Gasteiger partial charge in [-0.25, -0.2) is 0 Å². The zero-order valence-corrected chi connectivity index (χ0v) is 11.0. The van der Waals surface area contributed by atoms with E-state index in [9.17, 15) is 9.59 Å². The summed E-state index contributed by atoms with van der Waals surface area (Å²) in [6.07, 6.45) is 0.481. The summed E-state index contributed by atoms with van der Waals surface area (Å²) in [5.41, 5.74) is -0.00717. The Morgan fingerprint density at radius 2 is 1.94 bits per heavy atom. The lowest BCUT2D eigenvalue weighted by Gasteiger charge is -2.28. The third-order valence-electron chi connectivity index (χ3n) is 2.93. The Kier molecular flexibility index (Phi) is 4.14. The van der Waals surface area contributed by atoms with Gasteiger partial charge < -0.3 is 15.3 Å². The molecule has 0 aromatic rings. The van der Waals surface area contributed by atoms with Crippen molar-refractivity contribution in [1.82, 2.24) is 10.2 Å².